The third-order valence-corrected chi connectivity index (χ3v) is 5.63. The van der Waals surface area contributed by atoms with Crippen LogP contribution in [0.15, 0.2) is 41.3 Å². The average Bonchev–Trinajstić information content (AvgIpc) is 2.62. The van der Waals surface area contributed by atoms with Gasteiger partial charge in [0.05, 0.1) is 5.75 Å². The van der Waals surface area contributed by atoms with E-state index in [4.69, 9.17) is 0 Å². The molecule has 1 aliphatic rings. The van der Waals surface area contributed by atoms with Crippen molar-refractivity contribution >= 4 is 29.0 Å². The Morgan fingerprint density at radius 2 is 1.85 bits per heavy atom. The summed E-state index contributed by atoms with van der Waals surface area (Å²) in [6, 6.07) is 9.22. The Bertz CT molecular complexity index is 823. The lowest BCUT2D eigenvalue weighted by Crippen LogP contribution is -2.44. The second kappa shape index (κ2) is 8.71. The van der Waals surface area contributed by atoms with Gasteiger partial charge in [-0.2, -0.15) is 0 Å². The second-order valence-electron chi connectivity index (χ2n) is 6.70. The Kier molecular flexibility index (Phi) is 6.34. The molecule has 0 aromatic heterocycles. The molecule has 2 aromatic rings. The van der Waals surface area contributed by atoms with Gasteiger partial charge in [-0.15, -0.1) is 11.8 Å². The number of nitrogens with zero attached hydrogens (tertiary/aromatic N) is 2. The van der Waals surface area contributed by atoms with Crippen LogP contribution in [0.4, 0.5) is 20.2 Å². The van der Waals surface area contributed by atoms with Gasteiger partial charge in [0.2, 0.25) is 5.91 Å². The average molecular weight is 391 g/mol. The predicted molar refractivity (Wildman–Crippen MR) is 107 cm³/mol. The van der Waals surface area contributed by atoms with Crippen molar-refractivity contribution < 1.29 is 13.6 Å². The molecule has 1 heterocycles. The van der Waals surface area contributed by atoms with Gasteiger partial charge in [0, 0.05) is 48.5 Å². The maximum Gasteiger partial charge on any atom is 0.234 e. The Labute approximate surface area is 162 Å². The first-order valence-electron chi connectivity index (χ1n) is 8.84. The van der Waals surface area contributed by atoms with Crippen LogP contribution in [-0.2, 0) is 4.79 Å². The van der Waals surface area contributed by atoms with Crippen molar-refractivity contribution in [2.75, 3.05) is 49.2 Å². The smallest absolute Gasteiger partial charge is 0.234 e. The molecular weight excluding hydrogens is 368 g/mol. The lowest BCUT2D eigenvalue weighted by Gasteiger charge is -2.35. The largest absolute Gasteiger partial charge is 0.369 e. The van der Waals surface area contributed by atoms with Crippen LogP contribution in [0.2, 0.25) is 0 Å². The number of carbonyl (C=O) groups excluding carboxylic acids is 1. The maximum atomic E-state index is 13.6. The molecule has 1 saturated heterocycles. The van der Waals surface area contributed by atoms with Crippen LogP contribution >= 0.6 is 11.8 Å². The van der Waals surface area contributed by atoms with E-state index >= 15 is 0 Å². The van der Waals surface area contributed by atoms with Crippen LogP contribution in [0.5, 0.6) is 0 Å². The van der Waals surface area contributed by atoms with E-state index in [2.05, 4.69) is 22.2 Å². The number of anilines is 2. The van der Waals surface area contributed by atoms with Crippen LogP contribution in [0.3, 0.4) is 0 Å². The summed E-state index contributed by atoms with van der Waals surface area (Å²) >= 11 is 1.05. The summed E-state index contributed by atoms with van der Waals surface area (Å²) in [6.45, 7) is 6.09. The van der Waals surface area contributed by atoms with Crippen LogP contribution < -0.4 is 10.2 Å². The van der Waals surface area contributed by atoms with Crippen molar-refractivity contribution in [3.05, 3.63) is 53.6 Å². The molecule has 27 heavy (non-hydrogen) atoms. The van der Waals surface area contributed by atoms with E-state index in [1.807, 2.05) is 25.1 Å². The summed E-state index contributed by atoms with van der Waals surface area (Å²) in [5.74, 6) is -1.45. The number of likely N-dealkylation sites (N-methyl/N-ethyl adjacent to an activating group) is 1. The summed E-state index contributed by atoms with van der Waals surface area (Å²) in [5, 5.41) is 2.84. The third-order valence-electron chi connectivity index (χ3n) is 4.58. The van der Waals surface area contributed by atoms with E-state index < -0.39 is 11.6 Å². The molecule has 0 bridgehead atoms. The summed E-state index contributed by atoms with van der Waals surface area (Å²) in [7, 11) is 2.12. The number of piperazine rings is 1. The second-order valence-corrected chi connectivity index (χ2v) is 7.72. The summed E-state index contributed by atoms with van der Waals surface area (Å²) < 4.78 is 26.5. The number of hydrogen-bond donors (Lipinski definition) is 1. The number of amides is 1. The SMILES string of the molecule is Cc1cc(NC(=O)CSc2ccc(F)cc2F)ccc1N1CCN(C)CC1. The van der Waals surface area contributed by atoms with Gasteiger partial charge in [0.15, 0.2) is 0 Å². The highest BCUT2D eigenvalue weighted by Gasteiger charge is 2.16. The topological polar surface area (TPSA) is 35.6 Å². The number of benzene rings is 2. The Balaban J connectivity index is 1.57. The molecule has 1 fully saturated rings. The Hall–Kier alpha value is -2.12. The predicted octanol–water partition coefficient (Wildman–Crippen LogP) is 3.76. The molecule has 1 amide bonds. The lowest BCUT2D eigenvalue weighted by atomic mass is 10.1. The van der Waals surface area contributed by atoms with Crippen molar-refractivity contribution in [3.8, 4) is 0 Å². The van der Waals surface area contributed by atoms with Crippen molar-refractivity contribution in [2.24, 2.45) is 0 Å². The van der Waals surface area contributed by atoms with E-state index in [0.717, 1.165) is 55.3 Å². The summed E-state index contributed by atoms with van der Waals surface area (Å²) in [6.07, 6.45) is 0. The van der Waals surface area contributed by atoms with Gasteiger partial charge < -0.3 is 15.1 Å². The minimum Gasteiger partial charge on any atom is -0.369 e. The van der Waals surface area contributed by atoms with Gasteiger partial charge >= 0.3 is 0 Å². The number of hydrogen-bond acceptors (Lipinski definition) is 4. The van der Waals surface area contributed by atoms with Crippen LogP contribution in [-0.4, -0.2) is 49.8 Å². The highest BCUT2D eigenvalue weighted by molar-refractivity contribution is 8.00. The van der Waals surface area contributed by atoms with E-state index in [9.17, 15) is 13.6 Å². The van der Waals surface area contributed by atoms with Crippen LogP contribution in [0.1, 0.15) is 5.56 Å². The van der Waals surface area contributed by atoms with Gasteiger partial charge in [-0.3, -0.25) is 4.79 Å². The molecule has 144 valence electrons. The zero-order valence-corrected chi connectivity index (χ0v) is 16.3. The lowest BCUT2D eigenvalue weighted by molar-refractivity contribution is -0.113. The van der Waals surface area contributed by atoms with Gasteiger partial charge in [-0.1, -0.05) is 0 Å². The fourth-order valence-corrected chi connectivity index (χ4v) is 3.79. The first kappa shape index (κ1) is 19.6. The Morgan fingerprint density at radius 3 is 2.52 bits per heavy atom. The first-order chi connectivity index (χ1) is 12.9. The van der Waals surface area contributed by atoms with Gasteiger partial charge in [-0.05, 0) is 49.9 Å². The number of aryl methyl sites for hydroxylation is 1. The molecule has 1 N–H and O–H groups in total. The van der Waals surface area contributed by atoms with E-state index in [0.29, 0.717) is 0 Å². The summed E-state index contributed by atoms with van der Waals surface area (Å²) in [4.78, 5) is 17.1. The van der Waals surface area contributed by atoms with Crippen molar-refractivity contribution in [3.63, 3.8) is 0 Å². The van der Waals surface area contributed by atoms with Gasteiger partial charge in [0.25, 0.3) is 0 Å². The minimum atomic E-state index is -0.653. The van der Waals surface area contributed by atoms with Crippen molar-refractivity contribution in [1.82, 2.24) is 4.90 Å². The molecular formula is C20H23F2N3OS. The number of thioether (sulfide) groups is 1. The zero-order valence-electron chi connectivity index (χ0n) is 15.5. The highest BCUT2D eigenvalue weighted by atomic mass is 32.2. The summed E-state index contributed by atoms with van der Waals surface area (Å²) in [5.41, 5.74) is 3.01. The van der Waals surface area contributed by atoms with Crippen molar-refractivity contribution in [1.29, 1.82) is 0 Å². The zero-order chi connectivity index (χ0) is 19.4. The fourth-order valence-electron chi connectivity index (χ4n) is 3.07. The van der Waals surface area contributed by atoms with Crippen LogP contribution in [0.25, 0.3) is 0 Å². The van der Waals surface area contributed by atoms with E-state index in [1.54, 1.807) is 0 Å². The molecule has 0 spiro atoms. The van der Waals surface area contributed by atoms with E-state index in [1.165, 1.54) is 17.8 Å². The molecule has 7 heteroatoms. The van der Waals surface area contributed by atoms with Crippen LogP contribution in [0, 0.1) is 18.6 Å². The molecule has 1 aliphatic heterocycles. The molecule has 0 radical (unpaired) electrons. The fraction of sp³-hybridized carbons (Fsp3) is 0.350. The molecule has 0 atom stereocenters. The first-order valence-corrected chi connectivity index (χ1v) is 9.83. The maximum absolute atomic E-state index is 13.6. The molecule has 0 saturated carbocycles. The van der Waals surface area contributed by atoms with Gasteiger partial charge in [0.1, 0.15) is 11.6 Å². The third kappa shape index (κ3) is 5.20. The number of halogens is 2. The van der Waals surface area contributed by atoms with E-state index in [-0.39, 0.29) is 16.6 Å². The monoisotopic (exact) mass is 391 g/mol. The van der Waals surface area contributed by atoms with Gasteiger partial charge in [-0.25, -0.2) is 8.78 Å². The van der Waals surface area contributed by atoms with Crippen molar-refractivity contribution in [2.45, 2.75) is 11.8 Å². The quantitative estimate of drug-likeness (QED) is 0.788. The standard InChI is InChI=1S/C20H23F2N3OS/c1-14-11-16(4-5-18(14)25-9-7-24(2)8-10-25)23-20(26)13-27-19-6-3-15(21)12-17(19)22/h3-6,11-12H,7-10,13H2,1-2H3,(H,23,26). The molecule has 4 nitrogen and oxygen atoms in total. The molecule has 0 unspecified atom stereocenters. The minimum absolute atomic E-state index is 0.0574. The highest BCUT2D eigenvalue weighted by Crippen LogP contribution is 2.26. The molecule has 0 aliphatic carbocycles. The Morgan fingerprint density at radius 1 is 1.11 bits per heavy atom. The number of nitrogens with one attached hydrogen (secondary N) is 1. The number of rotatable bonds is 5. The normalized spacial score (nSPS) is 15.0. The molecule has 3 rings (SSSR count). The molecule has 2 aromatic carbocycles. The number of carbonyl (C=O) groups is 1.